The van der Waals surface area contributed by atoms with Crippen LogP contribution in [0.25, 0.3) is 0 Å². The van der Waals surface area contributed by atoms with Gasteiger partial charge in [-0.3, -0.25) is 4.79 Å². The van der Waals surface area contributed by atoms with E-state index in [4.69, 9.17) is 10.2 Å². The molecule has 0 aliphatic rings. The van der Waals surface area contributed by atoms with Crippen molar-refractivity contribution >= 4 is 17.8 Å². The number of nitrogens with one attached hydrogen (secondary N) is 1. The lowest BCUT2D eigenvalue weighted by Crippen LogP contribution is -2.32. The van der Waals surface area contributed by atoms with Crippen molar-refractivity contribution in [2.24, 2.45) is 0 Å². The number of anilines is 1. The van der Waals surface area contributed by atoms with E-state index in [2.05, 4.69) is 10.3 Å². The van der Waals surface area contributed by atoms with Gasteiger partial charge in [-0.1, -0.05) is 6.07 Å². The largest absolute Gasteiger partial charge is 0.481 e. The van der Waals surface area contributed by atoms with Crippen LogP contribution in [0, 0.1) is 6.92 Å². The Bertz CT molecular complexity index is 388. The Kier molecular flexibility index (Phi) is 3.82. The first-order valence-corrected chi connectivity index (χ1v) is 4.63. The third-order valence-electron chi connectivity index (χ3n) is 1.91. The molecule has 1 aromatic rings. The van der Waals surface area contributed by atoms with Crippen LogP contribution in [0.2, 0.25) is 0 Å². The maximum atomic E-state index is 10.8. The molecule has 1 heterocycles. The van der Waals surface area contributed by atoms with E-state index in [0.717, 1.165) is 5.56 Å². The van der Waals surface area contributed by atoms with Crippen LogP contribution in [0.3, 0.4) is 0 Å². The van der Waals surface area contributed by atoms with E-state index in [1.54, 1.807) is 18.3 Å². The summed E-state index contributed by atoms with van der Waals surface area (Å²) < 4.78 is 0. The second kappa shape index (κ2) is 5.11. The fourth-order valence-electron chi connectivity index (χ4n) is 1.11. The lowest BCUT2D eigenvalue weighted by Gasteiger charge is -2.12. The van der Waals surface area contributed by atoms with E-state index in [9.17, 15) is 9.59 Å². The van der Waals surface area contributed by atoms with E-state index in [1.165, 1.54) is 0 Å². The summed E-state index contributed by atoms with van der Waals surface area (Å²) >= 11 is 0. The molecule has 6 nitrogen and oxygen atoms in total. The first-order valence-electron chi connectivity index (χ1n) is 4.63. The lowest BCUT2D eigenvalue weighted by molar-refractivity contribution is -0.144. The van der Waals surface area contributed by atoms with Crippen molar-refractivity contribution in [2.75, 3.05) is 5.32 Å². The number of carboxylic acid groups (broad SMARTS) is 2. The molecule has 0 spiro atoms. The van der Waals surface area contributed by atoms with Crippen LogP contribution in [-0.2, 0) is 9.59 Å². The number of rotatable bonds is 5. The summed E-state index contributed by atoms with van der Waals surface area (Å²) in [6.07, 6.45) is 1.08. The Morgan fingerprint density at radius 3 is 2.56 bits per heavy atom. The van der Waals surface area contributed by atoms with Crippen molar-refractivity contribution in [3.8, 4) is 0 Å². The zero-order valence-corrected chi connectivity index (χ0v) is 8.67. The smallest absolute Gasteiger partial charge is 0.326 e. The van der Waals surface area contributed by atoms with Crippen LogP contribution in [0.4, 0.5) is 5.82 Å². The number of aliphatic carboxylic acids is 2. The normalized spacial score (nSPS) is 11.8. The highest BCUT2D eigenvalue weighted by Gasteiger charge is 2.20. The summed E-state index contributed by atoms with van der Waals surface area (Å²) in [6.45, 7) is 1.85. The minimum Gasteiger partial charge on any atom is -0.481 e. The van der Waals surface area contributed by atoms with Gasteiger partial charge >= 0.3 is 11.9 Å². The average Bonchev–Trinajstić information content (AvgIpc) is 2.19. The van der Waals surface area contributed by atoms with Crippen LogP contribution >= 0.6 is 0 Å². The summed E-state index contributed by atoms with van der Waals surface area (Å²) in [6, 6.07) is 2.19. The highest BCUT2D eigenvalue weighted by Crippen LogP contribution is 2.07. The number of carbonyl (C=O) groups is 2. The molecule has 1 rings (SSSR count). The van der Waals surface area contributed by atoms with Gasteiger partial charge < -0.3 is 15.5 Å². The molecule has 16 heavy (non-hydrogen) atoms. The summed E-state index contributed by atoms with van der Waals surface area (Å²) in [5.41, 5.74) is 0.940. The molecule has 0 fully saturated rings. The average molecular weight is 224 g/mol. The van der Waals surface area contributed by atoms with Crippen molar-refractivity contribution in [1.29, 1.82) is 0 Å². The molecule has 0 aromatic carbocycles. The molecule has 0 aliphatic carbocycles. The van der Waals surface area contributed by atoms with Gasteiger partial charge in [0.25, 0.3) is 0 Å². The zero-order chi connectivity index (χ0) is 12.1. The van der Waals surface area contributed by atoms with Gasteiger partial charge in [0.05, 0.1) is 6.42 Å². The summed E-state index contributed by atoms with van der Waals surface area (Å²) in [5.74, 6) is -2.05. The Labute approximate surface area is 91.9 Å². The molecule has 0 saturated carbocycles. The number of carboxylic acids is 2. The number of hydrogen-bond acceptors (Lipinski definition) is 4. The van der Waals surface area contributed by atoms with Gasteiger partial charge in [-0.25, -0.2) is 9.78 Å². The van der Waals surface area contributed by atoms with Crippen molar-refractivity contribution < 1.29 is 19.8 Å². The minimum atomic E-state index is -1.22. The van der Waals surface area contributed by atoms with Gasteiger partial charge in [-0.05, 0) is 18.6 Å². The molecule has 1 aromatic heterocycles. The van der Waals surface area contributed by atoms with Crippen LogP contribution < -0.4 is 5.32 Å². The summed E-state index contributed by atoms with van der Waals surface area (Å²) in [4.78, 5) is 25.1. The molecule has 0 amide bonds. The SMILES string of the molecule is Cc1ccc(NC(CC(=O)O)C(=O)O)nc1. The third kappa shape index (κ3) is 3.56. The standard InChI is InChI=1S/C10H12N2O4/c1-6-2-3-8(11-5-6)12-7(10(15)16)4-9(13)14/h2-3,5,7H,4H2,1H3,(H,11,12)(H,13,14)(H,15,16). The maximum absolute atomic E-state index is 10.8. The number of aromatic nitrogens is 1. The highest BCUT2D eigenvalue weighted by molar-refractivity contribution is 5.83. The van der Waals surface area contributed by atoms with E-state index in [0.29, 0.717) is 5.82 Å². The second-order valence-corrected chi connectivity index (χ2v) is 3.35. The summed E-state index contributed by atoms with van der Waals surface area (Å²) in [7, 11) is 0. The number of hydrogen-bond donors (Lipinski definition) is 3. The van der Waals surface area contributed by atoms with E-state index < -0.39 is 24.4 Å². The Morgan fingerprint density at radius 2 is 2.12 bits per heavy atom. The highest BCUT2D eigenvalue weighted by atomic mass is 16.4. The Hall–Kier alpha value is -2.11. The monoisotopic (exact) mass is 224 g/mol. The first-order chi connectivity index (χ1) is 7.49. The van der Waals surface area contributed by atoms with Crippen LogP contribution in [0.5, 0.6) is 0 Å². The Balaban J connectivity index is 2.71. The molecular formula is C10H12N2O4. The molecule has 0 saturated heterocycles. The molecule has 0 bridgehead atoms. The van der Waals surface area contributed by atoms with Gasteiger partial charge in [-0.2, -0.15) is 0 Å². The molecule has 3 N–H and O–H groups in total. The number of pyridine rings is 1. The summed E-state index contributed by atoms with van der Waals surface area (Å²) in [5, 5.41) is 19.9. The topological polar surface area (TPSA) is 99.5 Å². The Morgan fingerprint density at radius 1 is 1.44 bits per heavy atom. The van der Waals surface area contributed by atoms with Gasteiger partial charge in [0.15, 0.2) is 0 Å². The molecular weight excluding hydrogens is 212 g/mol. The first kappa shape index (κ1) is 12.0. The maximum Gasteiger partial charge on any atom is 0.326 e. The molecule has 86 valence electrons. The van der Waals surface area contributed by atoms with Crippen molar-refractivity contribution in [3.63, 3.8) is 0 Å². The van der Waals surface area contributed by atoms with Gasteiger partial charge in [-0.15, -0.1) is 0 Å². The second-order valence-electron chi connectivity index (χ2n) is 3.35. The van der Waals surface area contributed by atoms with Crippen LogP contribution in [-0.4, -0.2) is 33.2 Å². The predicted molar refractivity (Wildman–Crippen MR) is 56.3 cm³/mol. The van der Waals surface area contributed by atoms with Gasteiger partial charge in [0.2, 0.25) is 0 Å². The zero-order valence-electron chi connectivity index (χ0n) is 8.67. The number of aryl methyl sites for hydroxylation is 1. The fraction of sp³-hybridized carbons (Fsp3) is 0.300. The minimum absolute atomic E-state index is 0.347. The van der Waals surface area contributed by atoms with Crippen molar-refractivity contribution in [3.05, 3.63) is 23.9 Å². The van der Waals surface area contributed by atoms with Crippen molar-refractivity contribution in [2.45, 2.75) is 19.4 Å². The quantitative estimate of drug-likeness (QED) is 0.681. The predicted octanol–water partition coefficient (Wildman–Crippen LogP) is 0.730. The molecule has 0 radical (unpaired) electrons. The number of nitrogens with zero attached hydrogens (tertiary/aromatic N) is 1. The van der Waals surface area contributed by atoms with Crippen LogP contribution in [0.15, 0.2) is 18.3 Å². The van der Waals surface area contributed by atoms with Crippen LogP contribution in [0.1, 0.15) is 12.0 Å². The van der Waals surface area contributed by atoms with Crippen molar-refractivity contribution in [1.82, 2.24) is 4.98 Å². The van der Waals surface area contributed by atoms with Gasteiger partial charge in [0, 0.05) is 6.20 Å². The molecule has 6 heteroatoms. The fourth-order valence-corrected chi connectivity index (χ4v) is 1.11. The van der Waals surface area contributed by atoms with E-state index in [1.807, 2.05) is 6.92 Å². The van der Waals surface area contributed by atoms with E-state index in [-0.39, 0.29) is 0 Å². The lowest BCUT2D eigenvalue weighted by atomic mass is 10.2. The molecule has 1 unspecified atom stereocenters. The molecule has 0 aliphatic heterocycles. The third-order valence-corrected chi connectivity index (χ3v) is 1.91. The van der Waals surface area contributed by atoms with Gasteiger partial charge in [0.1, 0.15) is 11.9 Å². The van der Waals surface area contributed by atoms with E-state index >= 15 is 0 Å². The molecule has 1 atom stereocenters.